The number of urea groups is 1. The Hall–Kier alpha value is -5.19. The maximum absolute atomic E-state index is 14.7. The maximum atomic E-state index is 14.7. The molecule has 222 valence electrons. The maximum Gasteiger partial charge on any atom is 0.321 e. The third kappa shape index (κ3) is 6.24. The first-order valence-corrected chi connectivity index (χ1v) is 15.6. The second-order valence-corrected chi connectivity index (χ2v) is 11.9. The molecular formula is C41H36N2O2. The monoisotopic (exact) mass is 588 g/mol. The SMILES string of the molecule is O=C1N(Cc2ccc3ccccc3c2)[C@H](C=Cc2ccccc2)[C@@H](O)[C@@H](Cc2ccccc2)N1Cc1ccc2ccccc2c1. The fourth-order valence-electron chi connectivity index (χ4n) is 6.53. The van der Waals surface area contributed by atoms with E-state index in [0.717, 1.165) is 43.8 Å². The molecule has 0 radical (unpaired) electrons. The van der Waals surface area contributed by atoms with Crippen molar-refractivity contribution >= 4 is 33.7 Å². The first kappa shape index (κ1) is 28.6. The Bertz CT molecular complexity index is 1950. The number of aliphatic hydroxyl groups is 1. The van der Waals surface area contributed by atoms with Crippen molar-refractivity contribution in [3.8, 4) is 0 Å². The lowest BCUT2D eigenvalue weighted by Gasteiger charge is -2.48. The number of carbonyl (C=O) groups excluding carboxylic acids is 1. The van der Waals surface area contributed by atoms with E-state index in [2.05, 4.69) is 72.8 Å². The standard InChI is InChI=1S/C41H36N2O2/c44-40-38(24-21-30-11-3-1-4-12-30)42(28-32-19-22-34-15-7-9-17-36(34)25-32)41(45)43(39(40)27-31-13-5-2-6-14-31)29-33-20-23-35-16-8-10-18-37(35)26-33/h1-26,38-40,44H,27-29H2/t38-,39-,40-/m1/s1. The summed E-state index contributed by atoms with van der Waals surface area (Å²) in [4.78, 5) is 18.5. The lowest BCUT2D eigenvalue weighted by Crippen LogP contribution is -2.65. The first-order chi connectivity index (χ1) is 22.1. The van der Waals surface area contributed by atoms with Crippen LogP contribution in [0.25, 0.3) is 27.6 Å². The van der Waals surface area contributed by atoms with Crippen LogP contribution in [-0.4, -0.2) is 39.1 Å². The predicted molar refractivity (Wildman–Crippen MR) is 184 cm³/mol. The molecule has 0 aliphatic carbocycles. The third-order valence-electron chi connectivity index (χ3n) is 8.90. The van der Waals surface area contributed by atoms with E-state index in [0.29, 0.717) is 19.5 Å². The Morgan fingerprint density at radius 2 is 1.07 bits per heavy atom. The van der Waals surface area contributed by atoms with Crippen molar-refractivity contribution in [3.05, 3.63) is 174 Å². The van der Waals surface area contributed by atoms with Crippen molar-refractivity contribution in [2.75, 3.05) is 0 Å². The molecule has 3 atom stereocenters. The summed E-state index contributed by atoms with van der Waals surface area (Å²) in [5.74, 6) is 0. The zero-order valence-electron chi connectivity index (χ0n) is 25.1. The van der Waals surface area contributed by atoms with Gasteiger partial charge in [0.05, 0.1) is 18.2 Å². The molecule has 6 aromatic carbocycles. The van der Waals surface area contributed by atoms with Crippen LogP contribution in [-0.2, 0) is 19.5 Å². The number of nitrogens with zero attached hydrogens (tertiary/aromatic N) is 2. The minimum Gasteiger partial charge on any atom is -0.388 e. The zero-order valence-corrected chi connectivity index (χ0v) is 25.1. The molecule has 1 N–H and O–H groups in total. The normalized spacial score (nSPS) is 18.7. The highest BCUT2D eigenvalue weighted by Gasteiger charge is 2.45. The summed E-state index contributed by atoms with van der Waals surface area (Å²) in [5.41, 5.74) is 4.18. The van der Waals surface area contributed by atoms with Crippen LogP contribution in [0.5, 0.6) is 0 Å². The van der Waals surface area contributed by atoms with Gasteiger partial charge in [0.1, 0.15) is 0 Å². The van der Waals surface area contributed by atoms with Gasteiger partial charge in [-0.2, -0.15) is 0 Å². The minimum atomic E-state index is -0.816. The van der Waals surface area contributed by atoms with Crippen molar-refractivity contribution in [1.82, 2.24) is 9.80 Å². The van der Waals surface area contributed by atoms with Gasteiger partial charge < -0.3 is 14.9 Å². The summed E-state index contributed by atoms with van der Waals surface area (Å²) in [7, 11) is 0. The predicted octanol–water partition coefficient (Wildman–Crippen LogP) is 8.49. The van der Waals surface area contributed by atoms with Gasteiger partial charge in [-0.05, 0) is 62.4 Å². The molecule has 2 amide bonds. The molecule has 1 fully saturated rings. The molecule has 45 heavy (non-hydrogen) atoms. The highest BCUT2D eigenvalue weighted by atomic mass is 16.3. The second kappa shape index (κ2) is 12.8. The molecule has 7 rings (SSSR count). The molecular weight excluding hydrogens is 552 g/mol. The number of hydrogen-bond donors (Lipinski definition) is 1. The van der Waals surface area contributed by atoms with E-state index in [4.69, 9.17) is 0 Å². The van der Waals surface area contributed by atoms with Gasteiger partial charge in [0, 0.05) is 13.1 Å². The van der Waals surface area contributed by atoms with E-state index < -0.39 is 18.2 Å². The zero-order chi connectivity index (χ0) is 30.6. The van der Waals surface area contributed by atoms with Gasteiger partial charge in [-0.1, -0.05) is 146 Å². The van der Waals surface area contributed by atoms with Gasteiger partial charge in [-0.15, -0.1) is 0 Å². The summed E-state index contributed by atoms with van der Waals surface area (Å²) >= 11 is 0. The Morgan fingerprint density at radius 1 is 0.556 bits per heavy atom. The lowest BCUT2D eigenvalue weighted by molar-refractivity contribution is -0.0278. The van der Waals surface area contributed by atoms with Crippen LogP contribution >= 0.6 is 0 Å². The Balaban J connectivity index is 1.29. The van der Waals surface area contributed by atoms with Crippen LogP contribution in [0, 0.1) is 0 Å². The number of benzene rings is 6. The molecule has 0 spiro atoms. The number of hydrogen-bond acceptors (Lipinski definition) is 2. The van der Waals surface area contributed by atoms with E-state index in [9.17, 15) is 9.90 Å². The highest BCUT2D eigenvalue weighted by molar-refractivity contribution is 5.84. The molecule has 0 saturated carbocycles. The number of rotatable bonds is 8. The average molecular weight is 589 g/mol. The first-order valence-electron chi connectivity index (χ1n) is 15.6. The van der Waals surface area contributed by atoms with Crippen LogP contribution in [0.1, 0.15) is 22.3 Å². The van der Waals surface area contributed by atoms with Crippen LogP contribution < -0.4 is 0 Å². The van der Waals surface area contributed by atoms with Crippen LogP contribution in [0.3, 0.4) is 0 Å². The fourth-order valence-corrected chi connectivity index (χ4v) is 6.53. The number of aliphatic hydroxyl groups excluding tert-OH is 1. The van der Waals surface area contributed by atoms with Gasteiger partial charge in [-0.3, -0.25) is 0 Å². The Labute approximate surface area is 264 Å². The smallest absolute Gasteiger partial charge is 0.321 e. The number of carbonyl (C=O) groups is 1. The van der Waals surface area contributed by atoms with Crippen molar-refractivity contribution in [3.63, 3.8) is 0 Å². The summed E-state index contributed by atoms with van der Waals surface area (Å²) in [5, 5.41) is 16.8. The summed E-state index contributed by atoms with van der Waals surface area (Å²) in [6.45, 7) is 0.790. The Morgan fingerprint density at radius 3 is 1.67 bits per heavy atom. The highest BCUT2D eigenvalue weighted by Crippen LogP contribution is 2.31. The van der Waals surface area contributed by atoms with Crippen molar-refractivity contribution in [1.29, 1.82) is 0 Å². The van der Waals surface area contributed by atoms with Gasteiger partial charge in [0.25, 0.3) is 0 Å². The average Bonchev–Trinajstić information content (AvgIpc) is 3.09. The molecule has 4 nitrogen and oxygen atoms in total. The van der Waals surface area contributed by atoms with Crippen LogP contribution in [0.15, 0.2) is 152 Å². The van der Waals surface area contributed by atoms with Gasteiger partial charge >= 0.3 is 6.03 Å². The number of amides is 2. The molecule has 0 aromatic heterocycles. The van der Waals surface area contributed by atoms with E-state index in [-0.39, 0.29) is 6.03 Å². The molecule has 4 heteroatoms. The van der Waals surface area contributed by atoms with Gasteiger partial charge in [-0.25, -0.2) is 4.79 Å². The molecule has 0 bridgehead atoms. The van der Waals surface area contributed by atoms with E-state index in [1.165, 1.54) is 0 Å². The summed E-state index contributed by atoms with van der Waals surface area (Å²) in [6.07, 6.45) is 3.77. The quantitative estimate of drug-likeness (QED) is 0.194. The Kier molecular flexibility index (Phi) is 8.13. The third-order valence-corrected chi connectivity index (χ3v) is 8.90. The van der Waals surface area contributed by atoms with Gasteiger partial charge in [0.15, 0.2) is 0 Å². The van der Waals surface area contributed by atoms with Crippen molar-refractivity contribution in [2.24, 2.45) is 0 Å². The fraction of sp³-hybridized carbons (Fsp3) is 0.146. The molecule has 6 aromatic rings. The minimum absolute atomic E-state index is 0.0785. The molecule has 0 unspecified atom stereocenters. The largest absolute Gasteiger partial charge is 0.388 e. The molecule has 1 saturated heterocycles. The summed E-state index contributed by atoms with van der Waals surface area (Å²) in [6, 6.07) is 48.5. The van der Waals surface area contributed by atoms with Crippen molar-refractivity contribution in [2.45, 2.75) is 37.7 Å². The topological polar surface area (TPSA) is 43.8 Å². The summed E-state index contributed by atoms with van der Waals surface area (Å²) < 4.78 is 0. The molecule has 1 aliphatic heterocycles. The van der Waals surface area contributed by atoms with E-state index in [1.54, 1.807) is 0 Å². The van der Waals surface area contributed by atoms with E-state index >= 15 is 0 Å². The number of fused-ring (bicyclic) bond motifs is 2. The second-order valence-electron chi connectivity index (χ2n) is 11.9. The van der Waals surface area contributed by atoms with Crippen LogP contribution in [0.4, 0.5) is 4.79 Å². The lowest BCUT2D eigenvalue weighted by atomic mass is 9.90. The van der Waals surface area contributed by atoms with E-state index in [1.807, 2.05) is 94.7 Å². The van der Waals surface area contributed by atoms with Crippen molar-refractivity contribution < 1.29 is 9.90 Å². The van der Waals surface area contributed by atoms with Crippen LogP contribution in [0.2, 0.25) is 0 Å². The van der Waals surface area contributed by atoms with Gasteiger partial charge in [0.2, 0.25) is 0 Å². The molecule has 1 aliphatic rings. The molecule has 1 heterocycles.